The quantitative estimate of drug-likeness (QED) is 0.863. The van der Waals surface area contributed by atoms with Gasteiger partial charge in [0.05, 0.1) is 5.92 Å². The van der Waals surface area contributed by atoms with Crippen LogP contribution in [0.2, 0.25) is 0 Å². The van der Waals surface area contributed by atoms with Gasteiger partial charge in [-0.1, -0.05) is 6.92 Å². The van der Waals surface area contributed by atoms with Crippen LogP contribution in [0.25, 0.3) is 0 Å². The summed E-state index contributed by atoms with van der Waals surface area (Å²) in [5.74, 6) is -1.20. The first-order valence-corrected chi connectivity index (χ1v) is 7.56. The third-order valence-corrected chi connectivity index (χ3v) is 3.87. The maximum atomic E-state index is 12.1. The van der Waals surface area contributed by atoms with E-state index in [4.69, 9.17) is 9.84 Å². The Hall–Kier alpha value is -1.30. The summed E-state index contributed by atoms with van der Waals surface area (Å²) in [7, 11) is 0. The van der Waals surface area contributed by atoms with Gasteiger partial charge in [0.15, 0.2) is 0 Å². The van der Waals surface area contributed by atoms with E-state index in [1.54, 1.807) is 11.8 Å². The largest absolute Gasteiger partial charge is 0.481 e. The maximum absolute atomic E-state index is 12.1. The zero-order valence-corrected chi connectivity index (χ0v) is 13.8. The highest BCUT2D eigenvalue weighted by molar-refractivity contribution is 5.70. The number of amides is 1. The Labute approximate surface area is 127 Å². The molecule has 6 nitrogen and oxygen atoms in total. The van der Waals surface area contributed by atoms with E-state index in [1.807, 2.05) is 27.7 Å². The van der Waals surface area contributed by atoms with Crippen molar-refractivity contribution < 1.29 is 19.4 Å². The van der Waals surface area contributed by atoms with E-state index in [2.05, 4.69) is 4.90 Å². The molecule has 6 heteroatoms. The summed E-state index contributed by atoms with van der Waals surface area (Å²) in [6, 6.07) is -0.0407. The number of hydrogen-bond donors (Lipinski definition) is 1. The molecule has 1 N–H and O–H groups in total. The molecule has 1 fully saturated rings. The lowest BCUT2D eigenvalue weighted by molar-refractivity contribution is -0.143. The number of carboxylic acids is 1. The predicted molar refractivity (Wildman–Crippen MR) is 80.3 cm³/mol. The standard InChI is InChI=1S/C15H28N2O4/c1-11(13(18)19)12(2)16-7-6-8-17(10-9-16)14(20)21-15(3,4)5/h11-12H,6-10H2,1-5H3,(H,18,19). The Bertz CT molecular complexity index is 378. The minimum Gasteiger partial charge on any atom is -0.481 e. The number of carbonyl (C=O) groups is 2. The highest BCUT2D eigenvalue weighted by Crippen LogP contribution is 2.16. The second kappa shape index (κ2) is 7.11. The molecular weight excluding hydrogens is 272 g/mol. The molecule has 1 saturated heterocycles. The second-order valence-corrected chi connectivity index (χ2v) is 6.72. The van der Waals surface area contributed by atoms with Gasteiger partial charge in [0.2, 0.25) is 0 Å². The van der Waals surface area contributed by atoms with Crippen LogP contribution in [0.4, 0.5) is 4.79 Å². The minimum absolute atomic E-state index is 0.0407. The van der Waals surface area contributed by atoms with Crippen LogP contribution in [0.1, 0.15) is 41.0 Å². The first-order chi connectivity index (χ1) is 9.61. The van der Waals surface area contributed by atoms with E-state index >= 15 is 0 Å². The Morgan fingerprint density at radius 3 is 2.24 bits per heavy atom. The lowest BCUT2D eigenvalue weighted by Gasteiger charge is -2.30. The molecule has 1 aliphatic rings. The van der Waals surface area contributed by atoms with E-state index in [0.29, 0.717) is 19.6 Å². The van der Waals surface area contributed by atoms with Gasteiger partial charge in [-0.3, -0.25) is 9.69 Å². The molecule has 0 aromatic carbocycles. The number of hydrogen-bond acceptors (Lipinski definition) is 4. The average molecular weight is 300 g/mol. The van der Waals surface area contributed by atoms with E-state index in [0.717, 1.165) is 13.0 Å². The number of carbonyl (C=O) groups excluding carboxylic acids is 1. The van der Waals surface area contributed by atoms with E-state index < -0.39 is 17.5 Å². The van der Waals surface area contributed by atoms with Gasteiger partial charge in [-0.2, -0.15) is 0 Å². The summed E-state index contributed by atoms with van der Waals surface area (Å²) >= 11 is 0. The van der Waals surface area contributed by atoms with Crippen molar-refractivity contribution in [2.75, 3.05) is 26.2 Å². The van der Waals surface area contributed by atoms with Crippen LogP contribution in [0.5, 0.6) is 0 Å². The fourth-order valence-corrected chi connectivity index (χ4v) is 2.38. The van der Waals surface area contributed by atoms with Crippen molar-refractivity contribution >= 4 is 12.1 Å². The molecule has 1 rings (SSSR count). The normalized spacial score (nSPS) is 20.5. The summed E-state index contributed by atoms with van der Waals surface area (Å²) in [4.78, 5) is 27.0. The maximum Gasteiger partial charge on any atom is 0.410 e. The molecule has 122 valence electrons. The number of rotatable bonds is 3. The summed E-state index contributed by atoms with van der Waals surface area (Å²) in [6.45, 7) is 11.9. The molecule has 0 aromatic rings. The molecular formula is C15H28N2O4. The van der Waals surface area contributed by atoms with Crippen LogP contribution in [0, 0.1) is 5.92 Å². The first kappa shape index (κ1) is 17.8. The van der Waals surface area contributed by atoms with Crippen molar-refractivity contribution in [1.29, 1.82) is 0 Å². The number of nitrogens with zero attached hydrogens (tertiary/aromatic N) is 2. The van der Waals surface area contributed by atoms with Crippen molar-refractivity contribution in [3.63, 3.8) is 0 Å². The fraction of sp³-hybridized carbons (Fsp3) is 0.867. The lowest BCUT2D eigenvalue weighted by Crippen LogP contribution is -2.43. The predicted octanol–water partition coefficient (Wildman–Crippen LogP) is 2.04. The molecule has 0 radical (unpaired) electrons. The van der Waals surface area contributed by atoms with E-state index in [9.17, 15) is 9.59 Å². The number of aliphatic carboxylic acids is 1. The Kier molecular flexibility index (Phi) is 6.01. The molecule has 0 bridgehead atoms. The molecule has 1 amide bonds. The first-order valence-electron chi connectivity index (χ1n) is 7.56. The second-order valence-electron chi connectivity index (χ2n) is 6.72. The monoisotopic (exact) mass is 300 g/mol. The summed E-state index contributed by atoms with van der Waals surface area (Å²) < 4.78 is 5.39. The Morgan fingerprint density at radius 2 is 1.71 bits per heavy atom. The third-order valence-electron chi connectivity index (χ3n) is 3.87. The molecule has 0 aromatic heterocycles. The lowest BCUT2D eigenvalue weighted by atomic mass is 10.0. The third kappa shape index (κ3) is 5.53. The van der Waals surface area contributed by atoms with Crippen LogP contribution < -0.4 is 0 Å². The van der Waals surface area contributed by atoms with Crippen molar-refractivity contribution in [1.82, 2.24) is 9.80 Å². The summed E-state index contributed by atoms with van der Waals surface area (Å²) in [5.41, 5.74) is -0.492. The van der Waals surface area contributed by atoms with Crippen LogP contribution in [-0.4, -0.2) is 64.8 Å². The SMILES string of the molecule is CC(C(=O)O)C(C)N1CCCN(C(=O)OC(C)(C)C)CC1. The molecule has 0 aliphatic carbocycles. The van der Waals surface area contributed by atoms with Gasteiger partial charge in [0.1, 0.15) is 5.60 Å². The minimum atomic E-state index is -0.782. The van der Waals surface area contributed by atoms with Gasteiger partial charge in [0, 0.05) is 32.2 Å². The van der Waals surface area contributed by atoms with Crippen molar-refractivity contribution in [2.24, 2.45) is 5.92 Å². The Balaban J connectivity index is 2.58. The molecule has 1 heterocycles. The van der Waals surface area contributed by atoms with Crippen LogP contribution in [0.15, 0.2) is 0 Å². The topological polar surface area (TPSA) is 70.1 Å². The van der Waals surface area contributed by atoms with Gasteiger partial charge < -0.3 is 14.7 Å². The van der Waals surface area contributed by atoms with Crippen LogP contribution in [0.3, 0.4) is 0 Å². The van der Waals surface area contributed by atoms with Gasteiger partial charge >= 0.3 is 12.1 Å². The van der Waals surface area contributed by atoms with Crippen LogP contribution in [-0.2, 0) is 9.53 Å². The fourth-order valence-electron chi connectivity index (χ4n) is 2.38. The summed E-state index contributed by atoms with van der Waals surface area (Å²) in [5, 5.41) is 9.11. The molecule has 21 heavy (non-hydrogen) atoms. The zero-order valence-electron chi connectivity index (χ0n) is 13.8. The van der Waals surface area contributed by atoms with Gasteiger partial charge in [-0.05, 0) is 34.1 Å². The van der Waals surface area contributed by atoms with Gasteiger partial charge in [-0.15, -0.1) is 0 Å². The summed E-state index contributed by atoms with van der Waals surface area (Å²) in [6.07, 6.45) is 0.541. The highest BCUT2D eigenvalue weighted by Gasteiger charge is 2.29. The number of ether oxygens (including phenoxy) is 1. The molecule has 0 saturated carbocycles. The highest BCUT2D eigenvalue weighted by atomic mass is 16.6. The zero-order chi connectivity index (χ0) is 16.2. The van der Waals surface area contributed by atoms with E-state index in [-0.39, 0.29) is 12.1 Å². The molecule has 0 spiro atoms. The van der Waals surface area contributed by atoms with Crippen molar-refractivity contribution in [3.05, 3.63) is 0 Å². The van der Waals surface area contributed by atoms with Crippen molar-refractivity contribution in [2.45, 2.75) is 52.7 Å². The Morgan fingerprint density at radius 1 is 1.10 bits per heavy atom. The number of carboxylic acid groups (broad SMARTS) is 1. The molecule has 2 atom stereocenters. The molecule has 1 aliphatic heterocycles. The van der Waals surface area contributed by atoms with Gasteiger partial charge in [0.25, 0.3) is 0 Å². The average Bonchev–Trinajstić information content (AvgIpc) is 2.60. The van der Waals surface area contributed by atoms with Crippen LogP contribution >= 0.6 is 0 Å². The van der Waals surface area contributed by atoms with E-state index in [1.165, 1.54) is 0 Å². The molecule has 2 unspecified atom stereocenters. The smallest absolute Gasteiger partial charge is 0.410 e. The van der Waals surface area contributed by atoms with Gasteiger partial charge in [-0.25, -0.2) is 4.79 Å². The van der Waals surface area contributed by atoms with Crippen molar-refractivity contribution in [3.8, 4) is 0 Å².